The number of rotatable bonds is 0. The highest BCUT2D eigenvalue weighted by molar-refractivity contribution is 7.99. The van der Waals surface area contributed by atoms with Crippen molar-refractivity contribution in [3.8, 4) is 11.1 Å². The van der Waals surface area contributed by atoms with Crippen molar-refractivity contribution >= 4 is 28.3 Å². The Bertz CT molecular complexity index is 1170. The van der Waals surface area contributed by atoms with E-state index >= 15 is 0 Å². The number of allylic oxidation sites excluding steroid dienone is 4. The summed E-state index contributed by atoms with van der Waals surface area (Å²) < 4.78 is 0. The normalized spacial score (nSPS) is 19.4. The average Bonchev–Trinajstić information content (AvgIpc) is 2.67. The summed E-state index contributed by atoms with van der Waals surface area (Å²) >= 11 is 1.81. The van der Waals surface area contributed by atoms with E-state index in [-0.39, 0.29) is 11.7 Å². The third-order valence-electron chi connectivity index (χ3n) is 5.53. The molecule has 2 aliphatic carbocycles. The second-order valence-corrected chi connectivity index (χ2v) is 7.88. The van der Waals surface area contributed by atoms with E-state index < -0.39 is 0 Å². The van der Waals surface area contributed by atoms with Crippen molar-refractivity contribution in [3.63, 3.8) is 0 Å². The maximum atomic E-state index is 13.1. The molecular weight excluding hydrogens is 324 g/mol. The van der Waals surface area contributed by atoms with Crippen LogP contribution in [0.3, 0.4) is 0 Å². The third-order valence-corrected chi connectivity index (χ3v) is 6.67. The number of carbonyl (C=O) groups excluding carboxylic acids is 1. The molecule has 0 spiro atoms. The van der Waals surface area contributed by atoms with Crippen LogP contribution >= 0.6 is 11.8 Å². The van der Waals surface area contributed by atoms with Crippen molar-refractivity contribution in [1.82, 2.24) is 0 Å². The van der Waals surface area contributed by atoms with E-state index in [0.29, 0.717) is 0 Å². The van der Waals surface area contributed by atoms with Crippen LogP contribution in [0, 0.1) is 0 Å². The molecule has 0 saturated heterocycles. The van der Waals surface area contributed by atoms with Crippen LogP contribution in [0.1, 0.15) is 28.3 Å². The van der Waals surface area contributed by atoms with Crippen LogP contribution in [0.4, 0.5) is 0 Å². The Labute approximate surface area is 150 Å². The molecule has 1 heterocycles. The molecule has 0 bridgehead atoms. The van der Waals surface area contributed by atoms with Crippen LogP contribution in [0.15, 0.2) is 82.1 Å². The highest BCUT2D eigenvalue weighted by atomic mass is 32.2. The average molecular weight is 338 g/mol. The number of benzene rings is 3. The molecule has 2 heteroatoms. The van der Waals surface area contributed by atoms with Crippen LogP contribution in [-0.2, 0) is 0 Å². The minimum absolute atomic E-state index is 0.111. The van der Waals surface area contributed by atoms with E-state index in [9.17, 15) is 4.79 Å². The molecule has 1 atom stereocenters. The van der Waals surface area contributed by atoms with E-state index in [1.54, 1.807) is 0 Å². The van der Waals surface area contributed by atoms with Crippen molar-refractivity contribution in [3.05, 3.63) is 83.5 Å². The van der Waals surface area contributed by atoms with Crippen molar-refractivity contribution < 1.29 is 4.79 Å². The standard InChI is InChI=1S/C23H14OS/c24-23-17-7-2-1-5-13(17)15-11-12-20-22-16(9-10-18(23)21(15)22)14-6-3-4-8-19(14)25-20/h1,3-13H,2H2. The zero-order chi connectivity index (χ0) is 16.5. The van der Waals surface area contributed by atoms with Gasteiger partial charge in [-0.15, -0.1) is 0 Å². The molecule has 1 unspecified atom stereocenters. The SMILES string of the molecule is O=C1C2=CCC=CC2c2ccc3c4c(ccc1c24)-c1ccccc1S3. The molecular formula is C23H14OS. The van der Waals surface area contributed by atoms with Gasteiger partial charge in [-0.05, 0) is 46.7 Å². The monoisotopic (exact) mass is 338 g/mol. The first-order chi connectivity index (χ1) is 12.3. The summed E-state index contributed by atoms with van der Waals surface area (Å²) in [7, 11) is 0. The molecule has 3 aliphatic rings. The largest absolute Gasteiger partial charge is 0.289 e. The van der Waals surface area contributed by atoms with Gasteiger partial charge in [0.15, 0.2) is 5.78 Å². The lowest BCUT2D eigenvalue weighted by atomic mass is 9.74. The topological polar surface area (TPSA) is 17.1 Å². The highest BCUT2D eigenvalue weighted by Gasteiger charge is 2.34. The summed E-state index contributed by atoms with van der Waals surface area (Å²) in [5.74, 6) is 0.314. The van der Waals surface area contributed by atoms with E-state index in [4.69, 9.17) is 0 Å². The fraction of sp³-hybridized carbons (Fsp3) is 0.0870. The minimum Gasteiger partial charge on any atom is -0.289 e. The van der Waals surface area contributed by atoms with Gasteiger partial charge in [0.05, 0.1) is 0 Å². The van der Waals surface area contributed by atoms with Gasteiger partial charge in [-0.3, -0.25) is 4.79 Å². The Balaban J connectivity index is 1.78. The molecule has 3 aromatic rings. The van der Waals surface area contributed by atoms with Crippen molar-refractivity contribution in [2.24, 2.45) is 0 Å². The van der Waals surface area contributed by atoms with Gasteiger partial charge < -0.3 is 0 Å². The quantitative estimate of drug-likeness (QED) is 0.358. The predicted molar refractivity (Wildman–Crippen MR) is 102 cm³/mol. The zero-order valence-corrected chi connectivity index (χ0v) is 14.3. The Morgan fingerprint density at radius 3 is 2.68 bits per heavy atom. The summed E-state index contributed by atoms with van der Waals surface area (Å²) in [4.78, 5) is 15.7. The molecule has 3 aromatic carbocycles. The molecule has 25 heavy (non-hydrogen) atoms. The van der Waals surface area contributed by atoms with Crippen molar-refractivity contribution in [2.75, 3.05) is 0 Å². The Morgan fingerprint density at radius 2 is 1.72 bits per heavy atom. The molecule has 118 valence electrons. The molecule has 1 nitrogen and oxygen atoms in total. The molecule has 0 radical (unpaired) electrons. The van der Waals surface area contributed by atoms with Crippen LogP contribution in [0.2, 0.25) is 0 Å². The number of Topliss-reactive ketones (excluding diaryl/α,β-unsaturated/α-hetero) is 1. The minimum atomic E-state index is 0.111. The lowest BCUT2D eigenvalue weighted by Crippen LogP contribution is -2.19. The van der Waals surface area contributed by atoms with E-state index in [1.807, 2.05) is 17.8 Å². The molecule has 6 rings (SSSR count). The maximum absolute atomic E-state index is 13.1. The lowest BCUT2D eigenvalue weighted by molar-refractivity contribution is 0.102. The molecule has 0 N–H and O–H groups in total. The van der Waals surface area contributed by atoms with Crippen LogP contribution in [0.5, 0.6) is 0 Å². The van der Waals surface area contributed by atoms with Crippen molar-refractivity contribution in [2.45, 2.75) is 22.1 Å². The lowest BCUT2D eigenvalue weighted by Gasteiger charge is -2.30. The van der Waals surface area contributed by atoms with Gasteiger partial charge in [0.25, 0.3) is 0 Å². The second-order valence-electron chi connectivity index (χ2n) is 6.79. The Morgan fingerprint density at radius 1 is 0.840 bits per heavy atom. The van der Waals surface area contributed by atoms with Crippen molar-refractivity contribution in [1.29, 1.82) is 0 Å². The maximum Gasteiger partial charge on any atom is 0.190 e. The summed E-state index contributed by atoms with van der Waals surface area (Å²) in [5.41, 5.74) is 5.62. The van der Waals surface area contributed by atoms with Crippen LogP contribution in [-0.4, -0.2) is 5.78 Å². The molecule has 0 amide bonds. The number of hydrogen-bond acceptors (Lipinski definition) is 2. The number of fused-ring (bicyclic) bond motifs is 4. The Kier molecular flexibility index (Phi) is 2.59. The van der Waals surface area contributed by atoms with Gasteiger partial charge in [-0.1, -0.05) is 60.3 Å². The van der Waals surface area contributed by atoms with Gasteiger partial charge in [-0.25, -0.2) is 0 Å². The third kappa shape index (κ3) is 1.68. The van der Waals surface area contributed by atoms with E-state index in [1.165, 1.54) is 31.9 Å². The van der Waals surface area contributed by atoms with E-state index in [2.05, 4.69) is 60.7 Å². The second kappa shape index (κ2) is 4.74. The molecule has 1 aliphatic heterocycles. The number of ketones is 1. The van der Waals surface area contributed by atoms with Gasteiger partial charge in [-0.2, -0.15) is 0 Å². The first-order valence-corrected chi connectivity index (χ1v) is 9.43. The summed E-state index contributed by atoms with van der Waals surface area (Å²) in [6.07, 6.45) is 7.32. The smallest absolute Gasteiger partial charge is 0.190 e. The van der Waals surface area contributed by atoms with Gasteiger partial charge in [0, 0.05) is 32.2 Å². The summed E-state index contributed by atoms with van der Waals surface area (Å²) in [6.45, 7) is 0. The fourth-order valence-electron chi connectivity index (χ4n) is 4.45. The first-order valence-electron chi connectivity index (χ1n) is 8.61. The van der Waals surface area contributed by atoms with Gasteiger partial charge >= 0.3 is 0 Å². The van der Waals surface area contributed by atoms with Gasteiger partial charge in [0.2, 0.25) is 0 Å². The number of hydrogen-bond donors (Lipinski definition) is 0. The van der Waals surface area contributed by atoms with Crippen LogP contribution < -0.4 is 0 Å². The molecule has 0 fully saturated rings. The van der Waals surface area contributed by atoms with E-state index in [0.717, 1.165) is 22.9 Å². The van der Waals surface area contributed by atoms with Gasteiger partial charge in [0.1, 0.15) is 0 Å². The first kappa shape index (κ1) is 13.7. The highest BCUT2D eigenvalue weighted by Crippen LogP contribution is 2.52. The van der Waals surface area contributed by atoms with Crippen LogP contribution in [0.25, 0.3) is 21.9 Å². The molecule has 0 saturated carbocycles. The summed E-state index contributed by atoms with van der Waals surface area (Å²) in [5, 5.41) is 2.42. The summed E-state index contributed by atoms with van der Waals surface area (Å²) in [6, 6.07) is 17.2. The Hall–Kier alpha value is -2.58. The zero-order valence-electron chi connectivity index (χ0n) is 13.5. The fourth-order valence-corrected chi connectivity index (χ4v) is 5.57. The molecule has 0 aromatic heterocycles. The predicted octanol–water partition coefficient (Wildman–Crippen LogP) is 6.14. The number of carbonyl (C=O) groups is 1.